The molecule has 1 aromatic rings. The zero-order valence-corrected chi connectivity index (χ0v) is 40.6. The van der Waals surface area contributed by atoms with Gasteiger partial charge in [0, 0.05) is 68.9 Å². The maximum absolute atomic E-state index is 13.7. The fourth-order valence-corrected chi connectivity index (χ4v) is 7.40. The maximum atomic E-state index is 13.7. The minimum Gasteiger partial charge on any atom is -0.457 e. The number of hydrogen-bond acceptors (Lipinski definition) is 8. The minimum absolute atomic E-state index is 0. The van der Waals surface area contributed by atoms with Crippen LogP contribution in [0.25, 0.3) is 5.57 Å². The van der Waals surface area contributed by atoms with Crippen LogP contribution in [0.1, 0.15) is 140 Å². The van der Waals surface area contributed by atoms with Gasteiger partial charge >= 0.3 is 6.03 Å². The summed E-state index contributed by atoms with van der Waals surface area (Å²) in [5.74, 6) is 0.636. The summed E-state index contributed by atoms with van der Waals surface area (Å²) in [4.78, 5) is 59.4. The third-order valence-corrected chi connectivity index (χ3v) is 11.4. The van der Waals surface area contributed by atoms with Crippen LogP contribution in [-0.2, 0) is 23.9 Å². The van der Waals surface area contributed by atoms with E-state index in [4.69, 9.17) is 25.8 Å². The highest BCUT2D eigenvalue weighted by molar-refractivity contribution is 6.28. The van der Waals surface area contributed by atoms with Gasteiger partial charge < -0.3 is 29.3 Å². The van der Waals surface area contributed by atoms with E-state index in [0.717, 1.165) is 66.9 Å². The fraction of sp³-hybridized carbons (Fsp3) is 0.680. The van der Waals surface area contributed by atoms with Gasteiger partial charge in [-0.15, -0.1) is 11.6 Å². The Morgan fingerprint density at radius 3 is 1.97 bits per heavy atom. The molecule has 0 atom stereocenters. The molecule has 2 N–H and O–H groups in total. The van der Waals surface area contributed by atoms with Crippen LogP contribution < -0.4 is 19.9 Å². The molecule has 3 rings (SSSR count). The summed E-state index contributed by atoms with van der Waals surface area (Å²) < 4.78 is 17.5. The molecule has 63 heavy (non-hydrogen) atoms. The second kappa shape index (κ2) is 32.0. The second-order valence-electron chi connectivity index (χ2n) is 16.8. The highest BCUT2D eigenvalue weighted by atomic mass is 35.5. The number of nitrogens with one attached hydrogen (secondary N) is 2. The number of rotatable bonds is 28. The molecule has 13 heteroatoms. The SMILES string of the molecule is C.CCCCN1C(=O)/C(=C\C=C2\C=C(C(C)(C)C)c3ccc(N(CC)CC)cc3O2)C(=O)N(CCCCCC(=O)NCCOCCOCCCCCCCl)C1=O.CC[NH+](CC)CC. The van der Waals surface area contributed by atoms with Crippen molar-refractivity contribution in [2.75, 3.05) is 89.6 Å². The quantitative estimate of drug-likeness (QED) is 0.0371. The number of halogens is 1. The van der Waals surface area contributed by atoms with Crippen LogP contribution in [0.3, 0.4) is 0 Å². The van der Waals surface area contributed by atoms with Gasteiger partial charge in [0.25, 0.3) is 11.8 Å². The Balaban J connectivity index is 0.00000228. The molecule has 0 saturated carbocycles. The number of anilines is 1. The third kappa shape index (κ3) is 19.9. The Kier molecular flexibility index (Phi) is 29.1. The normalized spacial score (nSPS) is 15.2. The molecule has 1 saturated heterocycles. The van der Waals surface area contributed by atoms with Gasteiger partial charge in [-0.2, -0.15) is 0 Å². The Morgan fingerprint density at radius 1 is 0.794 bits per heavy atom. The summed E-state index contributed by atoms with van der Waals surface area (Å²) in [6.07, 6.45) is 12.9. The first-order valence-corrected chi connectivity index (χ1v) is 24.1. The monoisotopic (exact) mass is 903 g/mol. The van der Waals surface area contributed by atoms with Crippen LogP contribution in [0.15, 0.2) is 47.8 Å². The number of alkyl halides is 1. The van der Waals surface area contributed by atoms with Crippen molar-refractivity contribution in [1.82, 2.24) is 15.1 Å². The summed E-state index contributed by atoms with van der Waals surface area (Å²) >= 11 is 5.69. The van der Waals surface area contributed by atoms with Crippen molar-refractivity contribution >= 4 is 46.6 Å². The van der Waals surface area contributed by atoms with E-state index in [1.54, 1.807) is 11.0 Å². The Morgan fingerprint density at radius 2 is 1.40 bits per heavy atom. The molecule has 358 valence electrons. The van der Waals surface area contributed by atoms with Gasteiger partial charge in [-0.25, -0.2) is 4.79 Å². The van der Waals surface area contributed by atoms with E-state index >= 15 is 0 Å². The molecule has 0 bridgehead atoms. The smallest absolute Gasteiger partial charge is 0.333 e. The lowest BCUT2D eigenvalue weighted by molar-refractivity contribution is -0.894. The van der Waals surface area contributed by atoms with E-state index in [1.807, 2.05) is 19.1 Å². The number of fused-ring (bicyclic) bond motifs is 1. The van der Waals surface area contributed by atoms with Crippen molar-refractivity contribution < 1.29 is 38.3 Å². The molecule has 2 aliphatic heterocycles. The summed E-state index contributed by atoms with van der Waals surface area (Å²) in [5, 5.41) is 2.87. The van der Waals surface area contributed by atoms with Crippen LogP contribution in [0.2, 0.25) is 0 Å². The van der Waals surface area contributed by atoms with Gasteiger partial charge in [0.05, 0.1) is 39.5 Å². The number of hydrogen-bond donors (Lipinski definition) is 2. The van der Waals surface area contributed by atoms with Crippen molar-refractivity contribution in [3.05, 3.63) is 53.3 Å². The maximum Gasteiger partial charge on any atom is 0.333 e. The van der Waals surface area contributed by atoms with Crippen LogP contribution in [0.4, 0.5) is 10.5 Å². The Hall–Kier alpha value is -3.71. The molecular formula is C50H85ClN5O7+. The number of carbonyl (C=O) groups is 4. The van der Waals surface area contributed by atoms with Gasteiger partial charge in [0.1, 0.15) is 17.1 Å². The number of nitrogens with zero attached hydrogens (tertiary/aromatic N) is 3. The van der Waals surface area contributed by atoms with E-state index in [0.29, 0.717) is 82.5 Å². The first kappa shape index (κ1) is 57.3. The van der Waals surface area contributed by atoms with Gasteiger partial charge in [-0.05, 0) is 108 Å². The number of barbiturate groups is 1. The number of ether oxygens (including phenoxy) is 3. The Bertz CT molecular complexity index is 1610. The van der Waals surface area contributed by atoms with Crippen LogP contribution >= 0.6 is 11.6 Å². The van der Waals surface area contributed by atoms with Crippen molar-refractivity contribution in [3.63, 3.8) is 0 Å². The molecule has 0 aromatic heterocycles. The average Bonchev–Trinajstić information content (AvgIpc) is 3.25. The van der Waals surface area contributed by atoms with Crippen molar-refractivity contribution in [2.45, 2.75) is 134 Å². The molecule has 0 spiro atoms. The molecule has 0 radical (unpaired) electrons. The Labute approximate surface area is 386 Å². The number of carbonyl (C=O) groups excluding carboxylic acids is 4. The van der Waals surface area contributed by atoms with Gasteiger partial charge in [0.2, 0.25) is 5.91 Å². The molecule has 2 aliphatic rings. The molecule has 2 heterocycles. The predicted octanol–water partition coefficient (Wildman–Crippen LogP) is 8.83. The molecule has 5 amide bonds. The first-order chi connectivity index (χ1) is 29.8. The number of allylic oxidation sites excluding steroid dienone is 4. The zero-order valence-electron chi connectivity index (χ0n) is 39.8. The molecule has 1 fully saturated rings. The standard InChI is InChI=1S/C43H65ClN4O7.C6H15N.CH4/c1-7-10-25-47-40(50)36(22-20-34-32-37(43(4,5)6)35-21-19-33(31-38(35)55-34)46(8-2)9-3)41(51)48(42(47)52)26-16-13-14-18-39(49)45-24-28-54-30-29-53-27-17-12-11-15-23-44;1-4-7(5-2)6-3;/h19-22,31-32H,7-18,23-30H2,1-6H3,(H,45,49);4-6H2,1-3H3;1H4/p+1/b34-20-,36-22+;;. The van der Waals surface area contributed by atoms with Gasteiger partial charge in [0.15, 0.2) is 0 Å². The lowest BCUT2D eigenvalue weighted by Crippen LogP contribution is -3.11. The predicted molar refractivity (Wildman–Crippen MR) is 260 cm³/mol. The highest BCUT2D eigenvalue weighted by Gasteiger charge is 2.41. The van der Waals surface area contributed by atoms with Crippen molar-refractivity contribution in [1.29, 1.82) is 0 Å². The number of urea groups is 1. The summed E-state index contributed by atoms with van der Waals surface area (Å²) in [5.41, 5.74) is 2.86. The summed E-state index contributed by atoms with van der Waals surface area (Å²) in [6.45, 7) is 27.8. The van der Waals surface area contributed by atoms with E-state index in [2.05, 4.69) is 77.7 Å². The topological polar surface area (TPSA) is 122 Å². The first-order valence-electron chi connectivity index (χ1n) is 23.5. The number of benzene rings is 1. The molecule has 1 aromatic carbocycles. The van der Waals surface area contributed by atoms with E-state index < -0.39 is 17.8 Å². The molecule has 0 aliphatic carbocycles. The lowest BCUT2D eigenvalue weighted by atomic mass is 9.80. The lowest BCUT2D eigenvalue weighted by Gasteiger charge is -2.34. The van der Waals surface area contributed by atoms with Crippen LogP contribution in [-0.4, -0.2) is 118 Å². The van der Waals surface area contributed by atoms with E-state index in [1.165, 1.54) is 30.6 Å². The number of imide groups is 2. The van der Waals surface area contributed by atoms with Crippen LogP contribution in [0.5, 0.6) is 5.75 Å². The number of unbranched alkanes of at least 4 members (excludes halogenated alkanes) is 6. The molecule has 12 nitrogen and oxygen atoms in total. The highest BCUT2D eigenvalue weighted by Crippen LogP contribution is 2.44. The molecular weight excluding hydrogens is 818 g/mol. The van der Waals surface area contributed by atoms with Gasteiger partial charge in [-0.1, -0.05) is 60.8 Å². The van der Waals surface area contributed by atoms with E-state index in [-0.39, 0.29) is 37.4 Å². The summed E-state index contributed by atoms with van der Waals surface area (Å²) in [7, 11) is 0. The van der Waals surface area contributed by atoms with E-state index in [9.17, 15) is 19.2 Å². The number of amides is 5. The minimum atomic E-state index is -0.620. The van der Waals surface area contributed by atoms with Crippen LogP contribution in [0, 0.1) is 5.41 Å². The fourth-order valence-electron chi connectivity index (χ4n) is 7.21. The zero-order chi connectivity index (χ0) is 45.9. The van der Waals surface area contributed by atoms with Gasteiger partial charge in [-0.3, -0.25) is 24.2 Å². The summed E-state index contributed by atoms with van der Waals surface area (Å²) in [6, 6.07) is 5.64. The largest absolute Gasteiger partial charge is 0.457 e. The molecule has 0 unspecified atom stereocenters. The van der Waals surface area contributed by atoms with Crippen molar-refractivity contribution in [2.24, 2.45) is 5.41 Å². The number of quaternary nitrogens is 1. The average molecular weight is 904 g/mol. The van der Waals surface area contributed by atoms with Crippen molar-refractivity contribution in [3.8, 4) is 5.75 Å². The third-order valence-electron chi connectivity index (χ3n) is 11.2. The second-order valence-corrected chi connectivity index (χ2v) is 17.1.